The first-order valence-corrected chi connectivity index (χ1v) is 4.98. The molecule has 0 saturated heterocycles. The molecule has 0 spiro atoms. The van der Waals surface area contributed by atoms with E-state index in [2.05, 4.69) is 16.7 Å². The summed E-state index contributed by atoms with van der Waals surface area (Å²) < 4.78 is 0. The highest BCUT2D eigenvalue weighted by molar-refractivity contribution is 5.56. The monoisotopic (exact) mass is 193 g/mol. The molecule has 1 rings (SSSR count). The molecule has 3 heteroatoms. The molecule has 4 N–H and O–H groups in total. The lowest BCUT2D eigenvalue weighted by molar-refractivity contribution is 0.748. The maximum atomic E-state index is 5.73. The van der Waals surface area contributed by atoms with Crippen molar-refractivity contribution in [2.75, 3.05) is 31.2 Å². The average molecular weight is 193 g/mol. The molecule has 0 aliphatic rings. The van der Waals surface area contributed by atoms with E-state index >= 15 is 0 Å². The van der Waals surface area contributed by atoms with Gasteiger partial charge in [0.25, 0.3) is 0 Å². The van der Waals surface area contributed by atoms with Crippen LogP contribution in [-0.4, -0.2) is 20.1 Å². The van der Waals surface area contributed by atoms with Crippen LogP contribution in [0.3, 0.4) is 0 Å². The third-order valence-corrected chi connectivity index (χ3v) is 2.20. The van der Waals surface area contributed by atoms with Gasteiger partial charge in [0, 0.05) is 17.9 Å². The first-order chi connectivity index (χ1) is 6.74. The predicted octanol–water partition coefficient (Wildman–Crippen LogP) is 1.60. The van der Waals surface area contributed by atoms with Crippen LogP contribution < -0.4 is 16.4 Å². The molecule has 78 valence electrons. The molecule has 0 radical (unpaired) electrons. The maximum absolute atomic E-state index is 5.73. The smallest absolute Gasteiger partial charge is 0.0345 e. The lowest BCUT2D eigenvalue weighted by Crippen LogP contribution is -2.12. The first kappa shape index (κ1) is 10.9. The van der Waals surface area contributed by atoms with Crippen LogP contribution in [0.15, 0.2) is 18.2 Å². The molecule has 1 aromatic carbocycles. The van der Waals surface area contributed by atoms with Crippen molar-refractivity contribution < 1.29 is 0 Å². The summed E-state index contributed by atoms with van der Waals surface area (Å²) >= 11 is 0. The van der Waals surface area contributed by atoms with Gasteiger partial charge >= 0.3 is 0 Å². The summed E-state index contributed by atoms with van der Waals surface area (Å²) in [6.45, 7) is 4.05. The lowest BCUT2D eigenvalue weighted by Gasteiger charge is -2.08. The van der Waals surface area contributed by atoms with Crippen molar-refractivity contribution in [2.24, 2.45) is 0 Å². The van der Waals surface area contributed by atoms with Crippen molar-refractivity contribution in [3.05, 3.63) is 23.8 Å². The van der Waals surface area contributed by atoms with Crippen molar-refractivity contribution in [3.63, 3.8) is 0 Å². The van der Waals surface area contributed by atoms with Crippen molar-refractivity contribution in [1.29, 1.82) is 0 Å². The summed E-state index contributed by atoms with van der Waals surface area (Å²) in [4.78, 5) is 0. The minimum absolute atomic E-state index is 0.853. The van der Waals surface area contributed by atoms with E-state index in [0.717, 1.165) is 36.4 Å². The number of hydrogen-bond acceptors (Lipinski definition) is 3. The van der Waals surface area contributed by atoms with Crippen molar-refractivity contribution in [2.45, 2.75) is 13.3 Å². The predicted molar refractivity (Wildman–Crippen MR) is 62.6 cm³/mol. The Morgan fingerprint density at radius 2 is 2.07 bits per heavy atom. The number of benzene rings is 1. The molecular weight excluding hydrogens is 174 g/mol. The molecule has 0 aliphatic heterocycles. The Morgan fingerprint density at radius 1 is 1.29 bits per heavy atom. The number of nitrogen functional groups attached to an aromatic ring is 1. The van der Waals surface area contributed by atoms with E-state index in [-0.39, 0.29) is 0 Å². The number of rotatable bonds is 5. The molecule has 0 fully saturated rings. The van der Waals surface area contributed by atoms with E-state index in [0.29, 0.717) is 0 Å². The molecule has 0 aromatic heterocycles. The van der Waals surface area contributed by atoms with E-state index in [4.69, 9.17) is 5.73 Å². The van der Waals surface area contributed by atoms with Crippen LogP contribution in [-0.2, 0) is 0 Å². The van der Waals surface area contributed by atoms with E-state index < -0.39 is 0 Å². The van der Waals surface area contributed by atoms with E-state index in [9.17, 15) is 0 Å². The van der Waals surface area contributed by atoms with Gasteiger partial charge in [0.1, 0.15) is 0 Å². The van der Waals surface area contributed by atoms with E-state index in [1.165, 1.54) is 0 Å². The number of hydrogen-bond donors (Lipinski definition) is 3. The van der Waals surface area contributed by atoms with Crippen LogP contribution in [0.2, 0.25) is 0 Å². The van der Waals surface area contributed by atoms with Crippen LogP contribution in [0, 0.1) is 6.92 Å². The van der Waals surface area contributed by atoms with Gasteiger partial charge in [-0.3, -0.25) is 0 Å². The normalized spacial score (nSPS) is 10.1. The summed E-state index contributed by atoms with van der Waals surface area (Å²) in [5.41, 5.74) is 8.85. The quantitative estimate of drug-likeness (QED) is 0.492. The fourth-order valence-electron chi connectivity index (χ4n) is 1.28. The van der Waals surface area contributed by atoms with Crippen LogP contribution in [0.25, 0.3) is 0 Å². The Hall–Kier alpha value is -1.22. The lowest BCUT2D eigenvalue weighted by atomic mass is 10.2. The fourth-order valence-corrected chi connectivity index (χ4v) is 1.28. The number of nitrogens with two attached hydrogens (primary N) is 1. The van der Waals surface area contributed by atoms with Gasteiger partial charge in [-0.1, -0.05) is 0 Å². The molecule has 1 aromatic rings. The Morgan fingerprint density at radius 3 is 2.71 bits per heavy atom. The Kier molecular flexibility index (Phi) is 4.26. The Balaban J connectivity index is 2.39. The summed E-state index contributed by atoms with van der Waals surface area (Å²) in [5, 5.41) is 6.47. The van der Waals surface area contributed by atoms with Gasteiger partial charge in [-0.25, -0.2) is 0 Å². The molecule has 0 atom stereocenters. The zero-order valence-corrected chi connectivity index (χ0v) is 8.93. The van der Waals surface area contributed by atoms with Gasteiger partial charge in [0.15, 0.2) is 0 Å². The SMILES string of the molecule is CNCCCNc1ccc(N)c(C)c1. The second kappa shape index (κ2) is 5.50. The molecular formula is C11H19N3. The molecule has 0 amide bonds. The van der Waals surface area contributed by atoms with Crippen LogP contribution in [0.1, 0.15) is 12.0 Å². The summed E-state index contributed by atoms with van der Waals surface area (Å²) in [6.07, 6.45) is 1.12. The number of aryl methyl sites for hydroxylation is 1. The zero-order valence-electron chi connectivity index (χ0n) is 8.93. The van der Waals surface area contributed by atoms with Crippen molar-refractivity contribution >= 4 is 11.4 Å². The van der Waals surface area contributed by atoms with Gasteiger partial charge in [-0.05, 0) is 50.7 Å². The van der Waals surface area contributed by atoms with Gasteiger partial charge in [-0.15, -0.1) is 0 Å². The van der Waals surface area contributed by atoms with Crippen molar-refractivity contribution in [3.8, 4) is 0 Å². The van der Waals surface area contributed by atoms with E-state index in [1.807, 2.05) is 26.1 Å². The van der Waals surface area contributed by atoms with E-state index in [1.54, 1.807) is 0 Å². The highest BCUT2D eigenvalue weighted by Gasteiger charge is 1.95. The molecule has 0 bridgehead atoms. The third kappa shape index (κ3) is 3.26. The van der Waals surface area contributed by atoms with Gasteiger partial charge in [-0.2, -0.15) is 0 Å². The molecule has 0 aliphatic carbocycles. The summed E-state index contributed by atoms with van der Waals surface area (Å²) in [7, 11) is 1.97. The van der Waals surface area contributed by atoms with Gasteiger partial charge in [0.05, 0.1) is 0 Å². The average Bonchev–Trinajstić information content (AvgIpc) is 2.18. The minimum atomic E-state index is 0.853. The number of nitrogens with one attached hydrogen (secondary N) is 2. The second-order valence-corrected chi connectivity index (χ2v) is 3.46. The van der Waals surface area contributed by atoms with Crippen LogP contribution in [0.5, 0.6) is 0 Å². The molecule has 0 saturated carbocycles. The van der Waals surface area contributed by atoms with Crippen LogP contribution in [0.4, 0.5) is 11.4 Å². The molecule has 0 unspecified atom stereocenters. The largest absolute Gasteiger partial charge is 0.399 e. The van der Waals surface area contributed by atoms with Crippen LogP contribution >= 0.6 is 0 Å². The molecule has 0 heterocycles. The zero-order chi connectivity index (χ0) is 10.4. The van der Waals surface area contributed by atoms with Gasteiger partial charge in [0.2, 0.25) is 0 Å². The number of anilines is 2. The Labute approximate surface area is 85.7 Å². The fraction of sp³-hybridized carbons (Fsp3) is 0.455. The molecule has 14 heavy (non-hydrogen) atoms. The highest BCUT2D eigenvalue weighted by Crippen LogP contribution is 2.16. The summed E-state index contributed by atoms with van der Waals surface area (Å²) in [6, 6.07) is 6.03. The second-order valence-electron chi connectivity index (χ2n) is 3.46. The highest BCUT2D eigenvalue weighted by atomic mass is 14.9. The Bertz CT molecular complexity index is 284. The topological polar surface area (TPSA) is 50.1 Å². The molecule has 3 nitrogen and oxygen atoms in total. The first-order valence-electron chi connectivity index (χ1n) is 4.98. The van der Waals surface area contributed by atoms with Crippen molar-refractivity contribution in [1.82, 2.24) is 5.32 Å². The minimum Gasteiger partial charge on any atom is -0.399 e. The third-order valence-electron chi connectivity index (χ3n) is 2.20. The van der Waals surface area contributed by atoms with Gasteiger partial charge < -0.3 is 16.4 Å². The maximum Gasteiger partial charge on any atom is 0.0345 e. The standard InChI is InChI=1S/C11H19N3/c1-9-8-10(4-5-11(9)12)14-7-3-6-13-2/h4-5,8,13-14H,3,6-7,12H2,1-2H3. The summed E-state index contributed by atoms with van der Waals surface area (Å²) in [5.74, 6) is 0.